The molecule has 1 radical (unpaired) electrons. The minimum atomic E-state index is -2.41. The predicted molar refractivity (Wildman–Crippen MR) is 151 cm³/mol. The molecule has 40 heavy (non-hydrogen) atoms. The van der Waals surface area contributed by atoms with Gasteiger partial charge in [-0.2, -0.15) is 0 Å². The summed E-state index contributed by atoms with van der Waals surface area (Å²) in [5.41, 5.74) is 5.35. The predicted octanol–water partition coefficient (Wildman–Crippen LogP) is 1.33. The van der Waals surface area contributed by atoms with Gasteiger partial charge in [0.1, 0.15) is 0 Å². The van der Waals surface area contributed by atoms with Crippen molar-refractivity contribution in [1.29, 1.82) is 0 Å². The van der Waals surface area contributed by atoms with Crippen LogP contribution < -0.4 is 5.73 Å². The molecule has 1 fully saturated rings. The molecule has 0 aromatic heterocycles. The number of ketones is 1. The summed E-state index contributed by atoms with van der Waals surface area (Å²) in [6.07, 6.45) is 1.72. The summed E-state index contributed by atoms with van der Waals surface area (Å²) in [7, 11) is 9.48. The van der Waals surface area contributed by atoms with Crippen molar-refractivity contribution in [3.63, 3.8) is 0 Å². The fourth-order valence-electron chi connectivity index (χ4n) is 6.79. The second-order valence-corrected chi connectivity index (χ2v) is 11.1. The van der Waals surface area contributed by atoms with Gasteiger partial charge in [-0.3, -0.25) is 0 Å². The standard InChI is InChI=1S/C30H32BN2O7/c1-33(2)24-19-13-16-12-18-17(15-7-3-5-14(11-15)6-4-10-34)8-9-20(35)22(18)25(36)21(16)28(38)30(19,40)27(31)23(26(24)37)29(32)39/h3,5,7-9,11,16,19,24,34-37,40H,4,6,10,12-13H2,1-2H3,(H2,32,39)/t16-,19-,24-,30+/m0/s1. The van der Waals surface area contributed by atoms with Crippen LogP contribution in [0.1, 0.15) is 29.5 Å². The molecule has 0 heterocycles. The van der Waals surface area contributed by atoms with Gasteiger partial charge in [0.15, 0.2) is 0 Å². The maximum absolute atomic E-state index is 14.1. The number of hydrogen-bond acceptors (Lipinski definition) is 8. The first kappa shape index (κ1) is 27.8. The van der Waals surface area contributed by atoms with E-state index in [2.05, 4.69) is 0 Å². The Balaban J connectivity index is 1.67. The Hall–Kier alpha value is -3.73. The Morgan fingerprint density at radius 1 is 1.18 bits per heavy atom. The number of hydrogen-bond donors (Lipinski definition) is 6. The fourth-order valence-corrected chi connectivity index (χ4v) is 6.79. The van der Waals surface area contributed by atoms with Crippen LogP contribution in [-0.2, 0) is 22.4 Å². The van der Waals surface area contributed by atoms with Gasteiger partial charge >= 0.3 is 215 Å². The van der Waals surface area contributed by atoms with E-state index in [9.17, 15) is 35.1 Å². The van der Waals surface area contributed by atoms with Crippen LogP contribution in [0.5, 0.6) is 5.75 Å². The molecule has 0 bridgehead atoms. The summed E-state index contributed by atoms with van der Waals surface area (Å²) in [5.74, 6) is -4.56. The molecule has 1 saturated carbocycles. The van der Waals surface area contributed by atoms with Crippen molar-refractivity contribution in [1.82, 2.24) is 4.90 Å². The number of aromatic hydroxyl groups is 1. The summed E-state index contributed by atoms with van der Waals surface area (Å²) in [6.45, 7) is 0.0745. The van der Waals surface area contributed by atoms with Gasteiger partial charge in [0, 0.05) is 6.61 Å². The summed E-state index contributed by atoms with van der Waals surface area (Å²) in [5, 5.41) is 54.4. The number of carbonyl (C=O) groups excluding carboxylic acids is 2. The average molecular weight is 543 g/mol. The van der Waals surface area contributed by atoms with E-state index in [1.54, 1.807) is 25.1 Å². The Bertz CT molecular complexity index is 1510. The van der Waals surface area contributed by atoms with Gasteiger partial charge in [0.05, 0.1) is 0 Å². The van der Waals surface area contributed by atoms with Crippen molar-refractivity contribution in [3.05, 3.63) is 70.0 Å². The van der Waals surface area contributed by atoms with Crippen LogP contribution in [0.3, 0.4) is 0 Å². The SMILES string of the molecule is [B]=C1C(C(N)=O)=C(O)[C@@H](N(C)C)[C@@H]2C[C@@H]3Cc4c(-c5cccc(CCCO)c5)ccc(O)c4C(O)=C3C(=O)[C@]12O. The zero-order chi connectivity index (χ0) is 29.1. The molecule has 0 unspecified atom stereocenters. The number of phenols is 1. The number of fused-ring (bicyclic) bond motifs is 3. The van der Waals surface area contributed by atoms with E-state index >= 15 is 0 Å². The molecule has 5 rings (SSSR count). The molecular formula is C30H32BN2O7. The zero-order valence-corrected chi connectivity index (χ0v) is 22.4. The fraction of sp³-hybridized carbons (Fsp3) is 0.367. The number of nitrogens with zero attached hydrogens (tertiary/aromatic N) is 1. The minimum absolute atomic E-state index is 0.0745. The van der Waals surface area contributed by atoms with Crippen LogP contribution in [0.4, 0.5) is 0 Å². The number of aryl methyl sites for hydroxylation is 1. The first-order valence-electron chi connectivity index (χ1n) is 13.2. The summed E-state index contributed by atoms with van der Waals surface area (Å²) >= 11 is 0. The number of amides is 1. The topological polar surface area (TPSA) is 165 Å². The first-order chi connectivity index (χ1) is 18.9. The number of carbonyl (C=O) groups is 2. The third-order valence-electron chi connectivity index (χ3n) is 8.57. The number of aliphatic hydroxyl groups excluding tert-OH is 3. The zero-order valence-electron chi connectivity index (χ0n) is 22.4. The molecule has 207 valence electrons. The molecule has 10 heteroatoms. The molecular weight excluding hydrogens is 511 g/mol. The molecule has 7 N–H and O–H groups in total. The molecule has 2 aromatic carbocycles. The number of nitrogens with two attached hydrogens (primary N) is 1. The Kier molecular flexibility index (Phi) is 6.98. The summed E-state index contributed by atoms with van der Waals surface area (Å²) < 4.78 is 0. The van der Waals surface area contributed by atoms with Crippen LogP contribution >= 0.6 is 0 Å². The molecule has 3 aliphatic carbocycles. The third-order valence-corrected chi connectivity index (χ3v) is 8.57. The first-order valence-corrected chi connectivity index (χ1v) is 13.2. The number of likely N-dealkylation sites (N-methyl/N-ethyl adjacent to an activating group) is 1. The van der Waals surface area contributed by atoms with E-state index in [0.717, 1.165) is 16.7 Å². The van der Waals surface area contributed by atoms with Crippen LogP contribution in [0.25, 0.3) is 16.9 Å². The van der Waals surface area contributed by atoms with E-state index in [4.69, 9.17) is 13.2 Å². The number of aliphatic hydroxyl groups is 4. The van der Waals surface area contributed by atoms with Crippen molar-refractivity contribution in [3.8, 4) is 16.9 Å². The molecule has 1 amide bonds. The Morgan fingerprint density at radius 3 is 2.55 bits per heavy atom. The molecule has 0 spiro atoms. The molecule has 9 nitrogen and oxygen atoms in total. The maximum atomic E-state index is 14.1. The molecule has 0 saturated heterocycles. The second-order valence-electron chi connectivity index (χ2n) is 11.1. The quantitative estimate of drug-likeness (QED) is 0.297. The van der Waals surface area contributed by atoms with E-state index in [1.807, 2.05) is 24.3 Å². The Labute approximate surface area is 232 Å². The van der Waals surface area contributed by atoms with Crippen LogP contribution in [-0.4, -0.2) is 87.4 Å². The van der Waals surface area contributed by atoms with Crippen LogP contribution in [0, 0.1) is 11.8 Å². The average Bonchev–Trinajstić information content (AvgIpc) is 2.89. The number of phenolic OH excluding ortho intramolecular Hbond substituents is 1. The van der Waals surface area contributed by atoms with Crippen LogP contribution in [0.2, 0.25) is 0 Å². The van der Waals surface area contributed by atoms with Crippen molar-refractivity contribution in [2.24, 2.45) is 17.6 Å². The van der Waals surface area contributed by atoms with Crippen LogP contribution in [0.15, 0.2) is 53.3 Å². The van der Waals surface area contributed by atoms with E-state index in [0.29, 0.717) is 18.4 Å². The number of rotatable bonds is 6. The molecule has 0 aliphatic heterocycles. The van der Waals surface area contributed by atoms with Gasteiger partial charge in [-0.1, -0.05) is 0 Å². The van der Waals surface area contributed by atoms with E-state index in [1.165, 1.54) is 6.07 Å². The van der Waals surface area contributed by atoms with Crippen molar-refractivity contribution < 1.29 is 35.1 Å². The van der Waals surface area contributed by atoms with Crippen molar-refractivity contribution in [2.45, 2.75) is 37.3 Å². The second kappa shape index (κ2) is 10.0. The van der Waals surface area contributed by atoms with Gasteiger partial charge in [-0.05, 0) is 6.42 Å². The van der Waals surface area contributed by atoms with Gasteiger partial charge in [-0.15, -0.1) is 0 Å². The monoisotopic (exact) mass is 543 g/mol. The molecule has 2 aromatic rings. The number of primary amides is 1. The Morgan fingerprint density at radius 2 is 1.90 bits per heavy atom. The number of Topliss-reactive ketones (excluding diaryl/α,β-unsaturated/α-hetero) is 1. The number of benzene rings is 2. The third kappa shape index (κ3) is 4.01. The molecule has 4 atom stereocenters. The van der Waals surface area contributed by atoms with Crippen molar-refractivity contribution >= 4 is 30.4 Å². The summed E-state index contributed by atoms with van der Waals surface area (Å²) in [4.78, 5) is 27.9. The van der Waals surface area contributed by atoms with E-state index < -0.39 is 57.7 Å². The van der Waals surface area contributed by atoms with Crippen molar-refractivity contribution in [2.75, 3.05) is 20.7 Å². The normalized spacial score (nSPS) is 26.1. The van der Waals surface area contributed by atoms with E-state index in [-0.39, 0.29) is 36.3 Å². The van der Waals surface area contributed by atoms with Gasteiger partial charge < -0.3 is 5.11 Å². The van der Waals surface area contributed by atoms with Gasteiger partial charge in [-0.25, -0.2) is 0 Å². The summed E-state index contributed by atoms with van der Waals surface area (Å²) in [6, 6.07) is 10.1. The van der Waals surface area contributed by atoms with Gasteiger partial charge in [0.25, 0.3) is 0 Å². The van der Waals surface area contributed by atoms with Gasteiger partial charge in [0.2, 0.25) is 0 Å². The molecule has 3 aliphatic rings.